The SMILES string of the molecule is COc1ccc(C(=O)CCC2(Cc3ccccc3)N=C2c2ccccc2)cc1. The Morgan fingerprint density at radius 3 is 2.18 bits per heavy atom. The first kappa shape index (κ1) is 18.2. The van der Waals surface area contributed by atoms with Gasteiger partial charge in [0, 0.05) is 18.4 Å². The Hall–Kier alpha value is -3.20. The number of Topliss-reactive ketones (excluding diaryl/α,β-unsaturated/α-hetero) is 1. The van der Waals surface area contributed by atoms with E-state index in [0.717, 1.165) is 35.4 Å². The van der Waals surface area contributed by atoms with Gasteiger partial charge >= 0.3 is 0 Å². The Morgan fingerprint density at radius 2 is 1.54 bits per heavy atom. The molecule has 3 heteroatoms. The topological polar surface area (TPSA) is 38.7 Å². The lowest BCUT2D eigenvalue weighted by molar-refractivity contribution is 0.0976. The van der Waals surface area contributed by atoms with Crippen LogP contribution in [0.15, 0.2) is 89.9 Å². The van der Waals surface area contributed by atoms with Crippen molar-refractivity contribution in [2.24, 2.45) is 4.99 Å². The predicted molar refractivity (Wildman–Crippen MR) is 112 cm³/mol. The number of benzene rings is 3. The Labute approximate surface area is 165 Å². The summed E-state index contributed by atoms with van der Waals surface area (Å²) in [5.74, 6) is 0.901. The first-order valence-corrected chi connectivity index (χ1v) is 9.57. The zero-order valence-corrected chi connectivity index (χ0v) is 16.0. The molecular weight excluding hydrogens is 346 g/mol. The molecule has 0 radical (unpaired) electrons. The predicted octanol–water partition coefficient (Wildman–Crippen LogP) is 5.14. The van der Waals surface area contributed by atoms with Crippen LogP contribution in [0.2, 0.25) is 0 Å². The van der Waals surface area contributed by atoms with Gasteiger partial charge in [-0.1, -0.05) is 60.7 Å². The minimum atomic E-state index is -0.273. The second-order valence-corrected chi connectivity index (χ2v) is 7.17. The van der Waals surface area contributed by atoms with Crippen LogP contribution in [0.5, 0.6) is 5.75 Å². The summed E-state index contributed by atoms with van der Waals surface area (Å²) >= 11 is 0. The van der Waals surface area contributed by atoms with Crippen molar-refractivity contribution in [2.75, 3.05) is 7.11 Å². The summed E-state index contributed by atoms with van der Waals surface area (Å²) in [7, 11) is 1.62. The zero-order chi connectivity index (χ0) is 19.4. The minimum absolute atomic E-state index is 0.143. The molecule has 0 saturated heterocycles. The van der Waals surface area contributed by atoms with Crippen molar-refractivity contribution in [3.63, 3.8) is 0 Å². The summed E-state index contributed by atoms with van der Waals surface area (Å²) in [5.41, 5.74) is 3.95. The second kappa shape index (κ2) is 7.81. The van der Waals surface area contributed by atoms with Crippen LogP contribution in [0.3, 0.4) is 0 Å². The van der Waals surface area contributed by atoms with Crippen LogP contribution >= 0.6 is 0 Å². The molecule has 3 nitrogen and oxygen atoms in total. The van der Waals surface area contributed by atoms with Crippen LogP contribution in [0, 0.1) is 0 Å². The summed E-state index contributed by atoms with van der Waals surface area (Å²) in [6.45, 7) is 0. The number of hydrogen-bond donors (Lipinski definition) is 0. The fraction of sp³-hybridized carbons (Fsp3) is 0.200. The normalized spacial score (nSPS) is 17.7. The molecule has 3 aromatic rings. The highest BCUT2D eigenvalue weighted by atomic mass is 16.5. The summed E-state index contributed by atoms with van der Waals surface area (Å²) in [6.07, 6.45) is 2.02. The summed E-state index contributed by atoms with van der Waals surface area (Å²) in [4.78, 5) is 17.6. The van der Waals surface area contributed by atoms with Crippen molar-refractivity contribution in [1.29, 1.82) is 0 Å². The van der Waals surface area contributed by atoms with Crippen LogP contribution in [0.25, 0.3) is 0 Å². The smallest absolute Gasteiger partial charge is 0.162 e. The van der Waals surface area contributed by atoms with Gasteiger partial charge in [-0.15, -0.1) is 0 Å². The minimum Gasteiger partial charge on any atom is -0.497 e. The number of nitrogens with zero attached hydrogens (tertiary/aromatic N) is 1. The van der Waals surface area contributed by atoms with Crippen molar-refractivity contribution in [2.45, 2.75) is 24.8 Å². The Morgan fingerprint density at radius 1 is 0.893 bits per heavy atom. The first-order valence-electron chi connectivity index (χ1n) is 9.57. The lowest BCUT2D eigenvalue weighted by Crippen LogP contribution is -2.24. The summed E-state index contributed by atoms with van der Waals surface area (Å²) in [6, 6.07) is 28.0. The Balaban J connectivity index is 1.49. The highest BCUT2D eigenvalue weighted by molar-refractivity contribution is 6.17. The number of carbonyl (C=O) groups excluding carboxylic acids is 1. The van der Waals surface area contributed by atoms with E-state index in [0.29, 0.717) is 6.42 Å². The standard InChI is InChI=1S/C25H23NO2/c1-28-22-14-12-20(13-15-22)23(27)16-17-25(18-19-8-4-2-5-9-19)24(26-25)21-10-6-3-7-11-21/h2-15H,16-18H2,1H3. The van der Waals surface area contributed by atoms with Gasteiger partial charge in [-0.2, -0.15) is 0 Å². The Kier molecular flexibility index (Phi) is 5.07. The van der Waals surface area contributed by atoms with Gasteiger partial charge in [-0.3, -0.25) is 9.79 Å². The molecule has 0 amide bonds. The largest absolute Gasteiger partial charge is 0.497 e. The lowest BCUT2D eigenvalue weighted by Gasteiger charge is -2.16. The van der Waals surface area contributed by atoms with E-state index in [1.165, 1.54) is 5.56 Å². The monoisotopic (exact) mass is 369 g/mol. The molecule has 4 rings (SSSR count). The average molecular weight is 369 g/mol. The molecule has 140 valence electrons. The van der Waals surface area contributed by atoms with Crippen LogP contribution in [0.4, 0.5) is 0 Å². The van der Waals surface area contributed by atoms with Gasteiger partial charge < -0.3 is 4.74 Å². The number of ketones is 1. The van der Waals surface area contributed by atoms with E-state index in [4.69, 9.17) is 9.73 Å². The molecule has 1 heterocycles. The third-order valence-corrected chi connectivity index (χ3v) is 5.28. The molecule has 1 aliphatic heterocycles. The highest BCUT2D eigenvalue weighted by Crippen LogP contribution is 2.40. The lowest BCUT2D eigenvalue weighted by atomic mass is 9.86. The fourth-order valence-electron chi connectivity index (χ4n) is 3.68. The quantitative estimate of drug-likeness (QED) is 0.516. The fourth-order valence-corrected chi connectivity index (χ4v) is 3.68. The molecule has 0 aromatic heterocycles. The van der Waals surface area contributed by atoms with E-state index in [-0.39, 0.29) is 11.3 Å². The first-order chi connectivity index (χ1) is 13.7. The number of methoxy groups -OCH3 is 1. The molecule has 1 aliphatic rings. The van der Waals surface area contributed by atoms with E-state index in [1.807, 2.05) is 48.5 Å². The van der Waals surface area contributed by atoms with Crippen LogP contribution < -0.4 is 4.74 Å². The van der Waals surface area contributed by atoms with Gasteiger partial charge in [0.1, 0.15) is 11.3 Å². The van der Waals surface area contributed by atoms with Crippen molar-refractivity contribution < 1.29 is 9.53 Å². The molecule has 1 unspecified atom stereocenters. The molecule has 0 saturated carbocycles. The number of carbonyl (C=O) groups is 1. The van der Waals surface area contributed by atoms with E-state index in [2.05, 4.69) is 36.4 Å². The maximum Gasteiger partial charge on any atom is 0.162 e. The molecule has 0 N–H and O–H groups in total. The van der Waals surface area contributed by atoms with Gasteiger partial charge in [0.25, 0.3) is 0 Å². The van der Waals surface area contributed by atoms with Gasteiger partial charge in [0.15, 0.2) is 5.78 Å². The molecule has 0 fully saturated rings. The van der Waals surface area contributed by atoms with Gasteiger partial charge in [0.05, 0.1) is 12.8 Å². The van der Waals surface area contributed by atoms with E-state index in [1.54, 1.807) is 7.11 Å². The molecule has 1 atom stereocenters. The number of aliphatic imine (C=N–C) groups is 1. The molecule has 28 heavy (non-hydrogen) atoms. The third kappa shape index (κ3) is 3.89. The van der Waals surface area contributed by atoms with Crippen molar-refractivity contribution in [1.82, 2.24) is 0 Å². The number of ether oxygens (including phenoxy) is 1. The molecular formula is C25H23NO2. The van der Waals surface area contributed by atoms with Crippen molar-refractivity contribution in [3.8, 4) is 5.75 Å². The maximum atomic E-state index is 12.7. The van der Waals surface area contributed by atoms with Gasteiger partial charge in [0.2, 0.25) is 0 Å². The highest BCUT2D eigenvalue weighted by Gasteiger charge is 2.47. The van der Waals surface area contributed by atoms with Crippen LogP contribution in [-0.4, -0.2) is 24.1 Å². The number of hydrogen-bond acceptors (Lipinski definition) is 3. The summed E-state index contributed by atoms with van der Waals surface area (Å²) in [5, 5.41) is 0. The molecule has 0 bridgehead atoms. The zero-order valence-electron chi connectivity index (χ0n) is 16.0. The molecule has 0 aliphatic carbocycles. The van der Waals surface area contributed by atoms with Gasteiger partial charge in [-0.25, -0.2) is 0 Å². The number of rotatable bonds is 8. The molecule has 0 spiro atoms. The van der Waals surface area contributed by atoms with Crippen molar-refractivity contribution in [3.05, 3.63) is 102 Å². The summed E-state index contributed by atoms with van der Waals surface area (Å²) < 4.78 is 5.17. The van der Waals surface area contributed by atoms with Crippen LogP contribution in [-0.2, 0) is 6.42 Å². The maximum absolute atomic E-state index is 12.7. The molecule has 3 aromatic carbocycles. The second-order valence-electron chi connectivity index (χ2n) is 7.17. The third-order valence-electron chi connectivity index (χ3n) is 5.28. The van der Waals surface area contributed by atoms with Crippen molar-refractivity contribution >= 4 is 11.5 Å². The van der Waals surface area contributed by atoms with Gasteiger partial charge in [-0.05, 0) is 41.8 Å². The van der Waals surface area contributed by atoms with Crippen LogP contribution in [0.1, 0.15) is 34.3 Å². The van der Waals surface area contributed by atoms with E-state index < -0.39 is 0 Å². The Bertz CT molecular complexity index is 978. The van der Waals surface area contributed by atoms with E-state index >= 15 is 0 Å². The van der Waals surface area contributed by atoms with E-state index in [9.17, 15) is 4.79 Å². The average Bonchev–Trinajstić information content (AvgIpc) is 3.47.